The van der Waals surface area contributed by atoms with Crippen LogP contribution in [-0.4, -0.2) is 17.9 Å². The Hall–Kier alpha value is -2.37. The molecule has 0 radical (unpaired) electrons. The summed E-state index contributed by atoms with van der Waals surface area (Å²) in [5.74, 6) is 0.370. The van der Waals surface area contributed by atoms with Gasteiger partial charge in [-0.1, -0.05) is 12.1 Å². The number of hydrogen-bond acceptors (Lipinski definition) is 5. The Kier molecular flexibility index (Phi) is 4.34. The molecule has 1 aromatic carbocycles. The van der Waals surface area contributed by atoms with Crippen LogP contribution in [0.3, 0.4) is 0 Å². The zero-order chi connectivity index (χ0) is 14.5. The van der Waals surface area contributed by atoms with Gasteiger partial charge in [-0.25, -0.2) is 0 Å². The Morgan fingerprint density at radius 1 is 1.60 bits per heavy atom. The molecule has 106 valence electrons. The fourth-order valence-electron chi connectivity index (χ4n) is 2.05. The zero-order valence-corrected chi connectivity index (χ0v) is 11.3. The van der Waals surface area contributed by atoms with Crippen molar-refractivity contribution >= 4 is 11.6 Å². The molecule has 2 rings (SSSR count). The van der Waals surface area contributed by atoms with Crippen molar-refractivity contribution in [2.24, 2.45) is 0 Å². The molecule has 2 N–H and O–H groups in total. The third kappa shape index (κ3) is 3.34. The van der Waals surface area contributed by atoms with Gasteiger partial charge in [0.1, 0.15) is 6.61 Å². The van der Waals surface area contributed by atoms with E-state index in [2.05, 4.69) is 5.32 Å². The van der Waals surface area contributed by atoms with Crippen molar-refractivity contribution < 1.29 is 9.66 Å². The SMILES string of the molecule is CN/C=C\C(=N)OCc1c(C2CC2)cccc1[N+](=O)[O-]. The van der Waals surface area contributed by atoms with E-state index >= 15 is 0 Å². The number of nitro groups is 1. The van der Waals surface area contributed by atoms with Crippen LogP contribution in [0.25, 0.3) is 0 Å². The molecule has 0 aliphatic heterocycles. The summed E-state index contributed by atoms with van der Waals surface area (Å²) in [5.41, 5.74) is 1.63. The summed E-state index contributed by atoms with van der Waals surface area (Å²) in [6, 6.07) is 5.11. The second-order valence-electron chi connectivity index (χ2n) is 4.65. The first kappa shape index (κ1) is 14.0. The highest BCUT2D eigenvalue weighted by Gasteiger charge is 2.29. The van der Waals surface area contributed by atoms with Crippen molar-refractivity contribution in [3.63, 3.8) is 0 Å². The molecule has 0 aromatic heterocycles. The van der Waals surface area contributed by atoms with Crippen LogP contribution >= 0.6 is 0 Å². The molecule has 6 nitrogen and oxygen atoms in total. The molecule has 1 fully saturated rings. The Balaban J connectivity index is 2.18. The number of benzene rings is 1. The molecular weight excluding hydrogens is 258 g/mol. The van der Waals surface area contributed by atoms with Crippen molar-refractivity contribution in [1.82, 2.24) is 5.32 Å². The van der Waals surface area contributed by atoms with Gasteiger partial charge < -0.3 is 10.1 Å². The molecule has 0 atom stereocenters. The summed E-state index contributed by atoms with van der Waals surface area (Å²) in [7, 11) is 1.72. The van der Waals surface area contributed by atoms with Gasteiger partial charge in [-0.15, -0.1) is 0 Å². The van der Waals surface area contributed by atoms with Crippen LogP contribution < -0.4 is 5.32 Å². The summed E-state index contributed by atoms with van der Waals surface area (Å²) in [4.78, 5) is 10.7. The minimum Gasteiger partial charge on any atom is -0.473 e. The normalized spacial score (nSPS) is 14.2. The molecule has 1 aliphatic rings. The molecule has 0 spiro atoms. The summed E-state index contributed by atoms with van der Waals surface area (Å²) in [6.45, 7) is 0.0515. The van der Waals surface area contributed by atoms with Crippen LogP contribution in [0.2, 0.25) is 0 Å². The first-order valence-electron chi connectivity index (χ1n) is 6.44. The van der Waals surface area contributed by atoms with Crippen molar-refractivity contribution in [1.29, 1.82) is 5.41 Å². The Labute approximate surface area is 117 Å². The van der Waals surface area contributed by atoms with E-state index in [0.29, 0.717) is 11.5 Å². The molecule has 0 saturated heterocycles. The maximum absolute atomic E-state index is 11.1. The molecular formula is C14H17N3O3. The van der Waals surface area contributed by atoms with Crippen molar-refractivity contribution in [2.75, 3.05) is 7.05 Å². The van der Waals surface area contributed by atoms with Crippen LogP contribution in [0, 0.1) is 15.5 Å². The fraction of sp³-hybridized carbons (Fsp3) is 0.357. The monoisotopic (exact) mass is 275 g/mol. The molecule has 0 amide bonds. The van der Waals surface area contributed by atoms with Crippen molar-refractivity contribution in [3.05, 3.63) is 51.7 Å². The lowest BCUT2D eigenvalue weighted by atomic mass is 10.0. The van der Waals surface area contributed by atoms with Gasteiger partial charge in [0.05, 0.1) is 10.5 Å². The van der Waals surface area contributed by atoms with Gasteiger partial charge in [0.15, 0.2) is 0 Å². The molecule has 1 aromatic rings. The summed E-state index contributed by atoms with van der Waals surface area (Å²) >= 11 is 0. The van der Waals surface area contributed by atoms with E-state index < -0.39 is 4.92 Å². The standard InChI is InChI=1S/C14H17N3O3/c1-16-8-7-14(15)20-9-12-11(10-5-6-10)3-2-4-13(12)17(18)19/h2-4,7-8,10,15-16H,5-6,9H2,1H3/b8-7-,15-14?. The lowest BCUT2D eigenvalue weighted by Crippen LogP contribution is -2.06. The van der Waals surface area contributed by atoms with Gasteiger partial charge in [0, 0.05) is 25.4 Å². The van der Waals surface area contributed by atoms with Crippen LogP contribution in [0.5, 0.6) is 0 Å². The molecule has 0 heterocycles. The average Bonchev–Trinajstić information content (AvgIpc) is 3.26. The molecule has 1 aliphatic carbocycles. The van der Waals surface area contributed by atoms with Crippen molar-refractivity contribution in [2.45, 2.75) is 25.4 Å². The number of rotatable bonds is 6. The van der Waals surface area contributed by atoms with E-state index in [1.807, 2.05) is 6.07 Å². The van der Waals surface area contributed by atoms with E-state index in [0.717, 1.165) is 18.4 Å². The average molecular weight is 275 g/mol. The van der Waals surface area contributed by atoms with Gasteiger partial charge in [-0.3, -0.25) is 15.5 Å². The Morgan fingerprint density at radius 2 is 2.35 bits per heavy atom. The number of nitrogens with one attached hydrogen (secondary N) is 2. The van der Waals surface area contributed by atoms with E-state index in [4.69, 9.17) is 10.1 Å². The topological polar surface area (TPSA) is 88.2 Å². The highest BCUT2D eigenvalue weighted by molar-refractivity contribution is 5.84. The quantitative estimate of drug-likeness (QED) is 0.361. The predicted molar refractivity (Wildman–Crippen MR) is 75.8 cm³/mol. The Bertz CT molecular complexity index is 551. The first-order chi connectivity index (χ1) is 9.63. The minimum absolute atomic E-state index is 0.0285. The smallest absolute Gasteiger partial charge is 0.276 e. The Morgan fingerprint density at radius 3 is 2.95 bits per heavy atom. The predicted octanol–water partition coefficient (Wildman–Crippen LogP) is 2.70. The van der Waals surface area contributed by atoms with Gasteiger partial charge in [0.2, 0.25) is 5.90 Å². The minimum atomic E-state index is -0.391. The van der Waals surface area contributed by atoms with Gasteiger partial charge in [0.25, 0.3) is 5.69 Å². The second kappa shape index (κ2) is 6.18. The van der Waals surface area contributed by atoms with Crippen LogP contribution in [-0.2, 0) is 11.3 Å². The third-order valence-electron chi connectivity index (χ3n) is 3.17. The summed E-state index contributed by atoms with van der Waals surface area (Å²) in [6.07, 6.45) is 5.16. The van der Waals surface area contributed by atoms with Crippen molar-refractivity contribution in [3.8, 4) is 0 Å². The van der Waals surface area contributed by atoms with Crippen LogP contribution in [0.4, 0.5) is 5.69 Å². The zero-order valence-electron chi connectivity index (χ0n) is 11.3. The lowest BCUT2D eigenvalue weighted by Gasteiger charge is -2.10. The molecule has 20 heavy (non-hydrogen) atoms. The van der Waals surface area contributed by atoms with Gasteiger partial charge in [-0.2, -0.15) is 0 Å². The number of nitro benzene ring substituents is 1. The van der Waals surface area contributed by atoms with E-state index in [-0.39, 0.29) is 18.2 Å². The van der Waals surface area contributed by atoms with E-state index in [1.165, 1.54) is 12.1 Å². The largest absolute Gasteiger partial charge is 0.473 e. The van der Waals surface area contributed by atoms with Gasteiger partial charge in [-0.05, 0) is 24.3 Å². The van der Waals surface area contributed by atoms with Crippen LogP contribution in [0.15, 0.2) is 30.5 Å². The maximum atomic E-state index is 11.1. The molecule has 1 saturated carbocycles. The summed E-state index contributed by atoms with van der Waals surface area (Å²) < 4.78 is 5.29. The van der Waals surface area contributed by atoms with E-state index in [9.17, 15) is 10.1 Å². The number of hydrogen-bond donors (Lipinski definition) is 2. The highest BCUT2D eigenvalue weighted by Crippen LogP contribution is 2.43. The second-order valence-corrected chi connectivity index (χ2v) is 4.65. The van der Waals surface area contributed by atoms with E-state index in [1.54, 1.807) is 19.3 Å². The lowest BCUT2D eigenvalue weighted by molar-refractivity contribution is -0.385. The van der Waals surface area contributed by atoms with Crippen LogP contribution in [0.1, 0.15) is 29.9 Å². The highest BCUT2D eigenvalue weighted by atomic mass is 16.6. The summed E-state index contributed by atoms with van der Waals surface area (Å²) in [5, 5.41) is 21.5. The molecule has 0 bridgehead atoms. The third-order valence-corrected chi connectivity index (χ3v) is 3.17. The fourth-order valence-corrected chi connectivity index (χ4v) is 2.05. The first-order valence-corrected chi connectivity index (χ1v) is 6.44. The maximum Gasteiger partial charge on any atom is 0.276 e. The number of ether oxygens (including phenoxy) is 1. The molecule has 6 heteroatoms. The number of nitrogens with zero attached hydrogens (tertiary/aromatic N) is 1. The van der Waals surface area contributed by atoms with Gasteiger partial charge >= 0.3 is 0 Å². The molecule has 0 unspecified atom stereocenters.